The van der Waals surface area contributed by atoms with Crippen molar-refractivity contribution in [2.24, 2.45) is 0 Å². The number of anilines is 1. The third-order valence-electron chi connectivity index (χ3n) is 2.74. The summed E-state index contributed by atoms with van der Waals surface area (Å²) >= 11 is 1.80. The first kappa shape index (κ1) is 14.5. The quantitative estimate of drug-likeness (QED) is 0.858. The molecule has 5 nitrogen and oxygen atoms in total. The summed E-state index contributed by atoms with van der Waals surface area (Å²) in [6, 6.07) is 4.51. The molecule has 106 valence electrons. The second kappa shape index (κ2) is 6.47. The van der Waals surface area contributed by atoms with Gasteiger partial charge in [-0.25, -0.2) is 14.8 Å². The highest BCUT2D eigenvalue weighted by Crippen LogP contribution is 2.17. The second-order valence-corrected chi connectivity index (χ2v) is 5.91. The summed E-state index contributed by atoms with van der Waals surface area (Å²) in [5.74, 6) is 0.171. The first-order chi connectivity index (χ1) is 9.58. The Morgan fingerprint density at radius 1 is 1.40 bits per heavy atom. The van der Waals surface area contributed by atoms with Gasteiger partial charge in [0.2, 0.25) is 0 Å². The maximum atomic E-state index is 11.2. The van der Waals surface area contributed by atoms with Gasteiger partial charge in [-0.1, -0.05) is 0 Å². The lowest BCUT2D eigenvalue weighted by atomic mass is 10.2. The van der Waals surface area contributed by atoms with Crippen molar-refractivity contribution in [3.63, 3.8) is 0 Å². The minimum Gasteiger partial charge on any atom is -0.464 e. The molecule has 0 radical (unpaired) electrons. The van der Waals surface area contributed by atoms with Gasteiger partial charge in [0.1, 0.15) is 5.82 Å². The Hall–Kier alpha value is -1.95. The molecule has 0 aliphatic heterocycles. The minimum atomic E-state index is -0.480. The number of carbonyl (C=O) groups is 1. The number of nitrogens with zero attached hydrogens (tertiary/aromatic N) is 2. The fourth-order valence-electron chi connectivity index (χ4n) is 1.81. The molecule has 1 N–H and O–H groups in total. The Kier molecular flexibility index (Phi) is 4.68. The van der Waals surface area contributed by atoms with Crippen molar-refractivity contribution < 1.29 is 9.53 Å². The van der Waals surface area contributed by atoms with E-state index in [4.69, 9.17) is 0 Å². The third kappa shape index (κ3) is 3.77. The van der Waals surface area contributed by atoms with E-state index in [-0.39, 0.29) is 11.7 Å². The van der Waals surface area contributed by atoms with Crippen LogP contribution in [-0.2, 0) is 11.2 Å². The number of thiophene rings is 1. The topological polar surface area (TPSA) is 64.1 Å². The van der Waals surface area contributed by atoms with E-state index in [1.165, 1.54) is 23.1 Å². The summed E-state index contributed by atoms with van der Waals surface area (Å²) in [7, 11) is 1.32. The molecule has 0 saturated carbocycles. The maximum absolute atomic E-state index is 11.2. The first-order valence-corrected chi connectivity index (χ1v) is 7.12. The molecule has 0 aliphatic carbocycles. The van der Waals surface area contributed by atoms with Crippen LogP contribution in [0.25, 0.3) is 0 Å². The van der Waals surface area contributed by atoms with E-state index in [2.05, 4.69) is 46.0 Å². The van der Waals surface area contributed by atoms with E-state index in [1.807, 2.05) is 0 Å². The van der Waals surface area contributed by atoms with Crippen LogP contribution in [0, 0.1) is 6.92 Å². The van der Waals surface area contributed by atoms with Crippen LogP contribution in [0.15, 0.2) is 24.5 Å². The molecule has 1 atom stereocenters. The number of esters is 1. The number of ether oxygens (including phenoxy) is 1. The molecular weight excluding hydrogens is 274 g/mol. The maximum Gasteiger partial charge on any atom is 0.358 e. The van der Waals surface area contributed by atoms with Gasteiger partial charge < -0.3 is 10.1 Å². The Morgan fingerprint density at radius 2 is 2.20 bits per heavy atom. The zero-order chi connectivity index (χ0) is 14.5. The lowest BCUT2D eigenvalue weighted by molar-refractivity contribution is 0.0593. The molecule has 0 spiro atoms. The molecule has 2 heterocycles. The second-order valence-electron chi connectivity index (χ2n) is 4.54. The van der Waals surface area contributed by atoms with Gasteiger partial charge in [0.25, 0.3) is 0 Å². The number of rotatable bonds is 5. The molecule has 0 bridgehead atoms. The fourth-order valence-corrected chi connectivity index (χ4v) is 2.83. The van der Waals surface area contributed by atoms with Gasteiger partial charge in [-0.15, -0.1) is 11.3 Å². The van der Waals surface area contributed by atoms with Crippen molar-refractivity contribution in [3.05, 3.63) is 40.0 Å². The Labute approximate surface area is 122 Å². The number of nitrogens with one attached hydrogen (secondary N) is 1. The van der Waals surface area contributed by atoms with Crippen LogP contribution < -0.4 is 5.32 Å². The lowest BCUT2D eigenvalue weighted by Crippen LogP contribution is -2.18. The largest absolute Gasteiger partial charge is 0.464 e. The first-order valence-electron chi connectivity index (χ1n) is 6.30. The molecule has 0 aromatic carbocycles. The van der Waals surface area contributed by atoms with E-state index in [0.29, 0.717) is 5.82 Å². The van der Waals surface area contributed by atoms with Crippen molar-refractivity contribution in [2.45, 2.75) is 26.3 Å². The van der Waals surface area contributed by atoms with Crippen molar-refractivity contribution >= 4 is 23.1 Å². The molecule has 0 fully saturated rings. The van der Waals surface area contributed by atoms with E-state index in [0.717, 1.165) is 6.42 Å². The van der Waals surface area contributed by atoms with E-state index in [9.17, 15) is 4.79 Å². The average Bonchev–Trinajstić information content (AvgIpc) is 2.84. The van der Waals surface area contributed by atoms with Crippen LogP contribution in [0.5, 0.6) is 0 Å². The Balaban J connectivity index is 1.94. The number of hydrogen-bond acceptors (Lipinski definition) is 6. The van der Waals surface area contributed by atoms with Gasteiger partial charge in [0, 0.05) is 22.2 Å². The highest BCUT2D eigenvalue weighted by molar-refractivity contribution is 7.11. The van der Waals surface area contributed by atoms with Crippen molar-refractivity contribution in [2.75, 3.05) is 12.4 Å². The van der Waals surface area contributed by atoms with Crippen LogP contribution in [0.4, 0.5) is 5.82 Å². The van der Waals surface area contributed by atoms with Crippen molar-refractivity contribution in [3.8, 4) is 0 Å². The Bertz CT molecular complexity index is 580. The number of aryl methyl sites for hydroxylation is 1. The monoisotopic (exact) mass is 291 g/mol. The van der Waals surface area contributed by atoms with Gasteiger partial charge in [-0.2, -0.15) is 0 Å². The van der Waals surface area contributed by atoms with Gasteiger partial charge in [-0.3, -0.25) is 0 Å². The molecule has 1 unspecified atom stereocenters. The molecule has 2 aromatic heterocycles. The van der Waals surface area contributed by atoms with Gasteiger partial charge in [0.05, 0.1) is 19.5 Å². The van der Waals surface area contributed by atoms with Gasteiger partial charge >= 0.3 is 5.97 Å². The van der Waals surface area contributed by atoms with Crippen LogP contribution in [0.1, 0.15) is 27.2 Å². The highest BCUT2D eigenvalue weighted by atomic mass is 32.1. The zero-order valence-electron chi connectivity index (χ0n) is 11.7. The third-order valence-corrected chi connectivity index (χ3v) is 3.77. The molecule has 0 saturated heterocycles. The molecule has 0 amide bonds. The number of carbonyl (C=O) groups excluding carboxylic acids is 1. The number of hydrogen-bond donors (Lipinski definition) is 1. The lowest BCUT2D eigenvalue weighted by Gasteiger charge is -2.13. The molecule has 20 heavy (non-hydrogen) atoms. The number of methoxy groups -OCH3 is 1. The zero-order valence-corrected chi connectivity index (χ0v) is 12.5. The van der Waals surface area contributed by atoms with Crippen molar-refractivity contribution in [1.29, 1.82) is 0 Å². The predicted molar refractivity (Wildman–Crippen MR) is 79.2 cm³/mol. The summed E-state index contributed by atoms with van der Waals surface area (Å²) < 4.78 is 4.58. The summed E-state index contributed by atoms with van der Waals surface area (Å²) in [6.07, 6.45) is 3.89. The van der Waals surface area contributed by atoms with E-state index < -0.39 is 5.97 Å². The molecule has 6 heteroatoms. The van der Waals surface area contributed by atoms with Crippen LogP contribution in [-0.4, -0.2) is 29.1 Å². The van der Waals surface area contributed by atoms with Gasteiger partial charge in [-0.05, 0) is 26.0 Å². The van der Waals surface area contributed by atoms with E-state index in [1.54, 1.807) is 17.5 Å². The fraction of sp³-hybridized carbons (Fsp3) is 0.357. The van der Waals surface area contributed by atoms with Crippen LogP contribution in [0.2, 0.25) is 0 Å². The molecular formula is C14H17N3O2S. The summed E-state index contributed by atoms with van der Waals surface area (Å²) in [5.41, 5.74) is 0.208. The predicted octanol–water partition coefficient (Wildman–Crippen LogP) is 2.68. The SMILES string of the molecule is COC(=O)c1cnc(NC(C)Cc2ccc(C)s2)cn1. The molecule has 0 aliphatic rings. The summed E-state index contributed by atoms with van der Waals surface area (Å²) in [6.45, 7) is 4.19. The van der Waals surface area contributed by atoms with Gasteiger partial charge in [0.15, 0.2) is 5.69 Å². The standard InChI is InChI=1S/C14H17N3O2S/c1-9(6-11-5-4-10(2)20-11)17-13-8-15-12(7-16-13)14(18)19-3/h4-5,7-9H,6H2,1-3H3,(H,16,17). The molecule has 2 rings (SSSR count). The van der Waals surface area contributed by atoms with Crippen molar-refractivity contribution in [1.82, 2.24) is 9.97 Å². The summed E-state index contributed by atoms with van der Waals surface area (Å²) in [4.78, 5) is 22.1. The van der Waals surface area contributed by atoms with E-state index >= 15 is 0 Å². The highest BCUT2D eigenvalue weighted by Gasteiger charge is 2.09. The Morgan fingerprint density at radius 3 is 2.75 bits per heavy atom. The minimum absolute atomic E-state index is 0.208. The average molecular weight is 291 g/mol. The normalized spacial score (nSPS) is 11.9. The summed E-state index contributed by atoms with van der Waals surface area (Å²) in [5, 5.41) is 3.26. The smallest absolute Gasteiger partial charge is 0.358 e. The van der Waals surface area contributed by atoms with Crippen LogP contribution in [0.3, 0.4) is 0 Å². The molecule has 2 aromatic rings. The van der Waals surface area contributed by atoms with Crippen LogP contribution >= 0.6 is 11.3 Å². The number of aromatic nitrogens is 2.